The van der Waals surface area contributed by atoms with Crippen molar-refractivity contribution in [2.75, 3.05) is 0 Å². The van der Waals surface area contributed by atoms with Gasteiger partial charge in [0.2, 0.25) is 0 Å². The van der Waals surface area contributed by atoms with Crippen molar-refractivity contribution < 1.29 is 75.2 Å². The molecule has 0 aliphatic carbocycles. The molecule has 0 atom stereocenters. The molecule has 0 bridgehead atoms. The molecule has 0 spiro atoms. The summed E-state index contributed by atoms with van der Waals surface area (Å²) in [6.45, 7) is 0. The maximum atomic E-state index is 0. The summed E-state index contributed by atoms with van der Waals surface area (Å²) in [5, 5.41) is 0. The predicted molar refractivity (Wildman–Crippen MR) is 3.31 cm³/mol. The van der Waals surface area contributed by atoms with Crippen molar-refractivity contribution in [2.24, 2.45) is 0 Å². The van der Waals surface area contributed by atoms with Gasteiger partial charge in [-0.1, -0.05) is 0 Å². The topological polar surface area (TPSA) is 87.0 Å². The van der Waals surface area contributed by atoms with E-state index in [-0.39, 0.29) is 75.2 Å². The van der Waals surface area contributed by atoms with Gasteiger partial charge in [0, 0.05) is 0 Å². The second kappa shape index (κ2) is 41.8. The fourth-order valence-corrected chi connectivity index (χ4v) is 0. The Bertz CT molecular complexity index is 6.85. The van der Waals surface area contributed by atoms with Crippen LogP contribution >= 0.6 is 0 Å². The van der Waals surface area contributed by atoms with Crippen LogP contribution in [0.5, 0.6) is 0 Å². The molecule has 5 heavy (non-hydrogen) atoms. The summed E-state index contributed by atoms with van der Waals surface area (Å²) in [6.07, 6.45) is 0. The molecule has 0 aliphatic heterocycles. The van der Waals surface area contributed by atoms with E-state index in [2.05, 4.69) is 0 Å². The standard InChI is InChI=1S/Ce.Mn.H2O.2O/h;;1H2;;/q+3;+2;;2*-2/p-1. The summed E-state index contributed by atoms with van der Waals surface area (Å²) in [7, 11) is 0. The first-order chi connectivity index (χ1) is 0. The van der Waals surface area contributed by atoms with Gasteiger partial charge in [-0.25, -0.2) is 0 Å². The molecule has 3 nitrogen and oxygen atoms in total. The van der Waals surface area contributed by atoms with E-state index >= 15 is 0 Å². The Balaban J connectivity index is 0. The average molecular weight is 244 g/mol. The Morgan fingerprint density at radius 1 is 0.800 bits per heavy atom. The summed E-state index contributed by atoms with van der Waals surface area (Å²) < 4.78 is 0. The Hall–Kier alpha value is 1.78. The molecule has 0 saturated heterocycles. The smallest absolute Gasteiger partial charge is 2.00 e. The van der Waals surface area contributed by atoms with Gasteiger partial charge in [-0.3, -0.25) is 0 Å². The monoisotopic (exact) mass is 244 g/mol. The summed E-state index contributed by atoms with van der Waals surface area (Å²) in [4.78, 5) is 0. The molecule has 0 aromatic rings. The van der Waals surface area contributed by atoms with E-state index in [9.17, 15) is 0 Å². The minimum Gasteiger partial charge on any atom is -2.00 e. The molecular formula is HCeMnO3. The van der Waals surface area contributed by atoms with E-state index in [4.69, 9.17) is 0 Å². The molecule has 5 heteroatoms. The van der Waals surface area contributed by atoms with Gasteiger partial charge in [0.25, 0.3) is 0 Å². The van der Waals surface area contributed by atoms with Crippen LogP contribution < -0.4 is 0 Å². The fraction of sp³-hybridized carbons (Fsp3) is 0. The number of hydrogen-bond acceptors (Lipinski definition) is 1. The van der Waals surface area contributed by atoms with Crippen LogP contribution in [0.1, 0.15) is 0 Å². The summed E-state index contributed by atoms with van der Waals surface area (Å²) in [6, 6.07) is 0. The second-order valence-electron chi connectivity index (χ2n) is 0. The fourth-order valence-electron chi connectivity index (χ4n) is 0. The third-order valence-corrected chi connectivity index (χ3v) is 0. The van der Waals surface area contributed by atoms with Crippen molar-refractivity contribution in [1.82, 2.24) is 0 Å². The number of rotatable bonds is 0. The molecule has 0 aromatic heterocycles. The van der Waals surface area contributed by atoms with Gasteiger partial charge in [0.1, 0.15) is 0 Å². The van der Waals surface area contributed by atoms with Crippen molar-refractivity contribution >= 4 is 0 Å². The largest absolute Gasteiger partial charge is 3.00 e. The van der Waals surface area contributed by atoms with Gasteiger partial charge in [0.15, 0.2) is 0 Å². The van der Waals surface area contributed by atoms with Crippen molar-refractivity contribution in [2.45, 2.75) is 0 Å². The molecule has 0 saturated carbocycles. The van der Waals surface area contributed by atoms with E-state index in [0.717, 1.165) is 0 Å². The van der Waals surface area contributed by atoms with Crippen LogP contribution in [0, 0.1) is 41.7 Å². The minimum absolute atomic E-state index is 0. The predicted octanol–water partition coefficient (Wildman–Crippen LogP) is -0.417. The van der Waals surface area contributed by atoms with Crippen molar-refractivity contribution in [3.05, 3.63) is 0 Å². The van der Waals surface area contributed by atoms with Crippen LogP contribution in [0.3, 0.4) is 0 Å². The third-order valence-electron chi connectivity index (χ3n) is 0. The Morgan fingerprint density at radius 3 is 0.800 bits per heavy atom. The van der Waals surface area contributed by atoms with Gasteiger partial charge in [0.05, 0.1) is 0 Å². The van der Waals surface area contributed by atoms with Crippen molar-refractivity contribution in [3.8, 4) is 0 Å². The van der Waals surface area contributed by atoms with Crippen LogP contribution in [0.25, 0.3) is 0 Å². The molecule has 0 fully saturated rings. The van der Waals surface area contributed by atoms with Gasteiger partial charge in [-0.15, -0.1) is 0 Å². The van der Waals surface area contributed by atoms with Crippen LogP contribution in [0.15, 0.2) is 0 Å². The zero-order valence-corrected chi connectivity index (χ0v) is 6.46. The normalized spacial score (nSPS) is 0. The van der Waals surface area contributed by atoms with E-state index in [0.29, 0.717) is 0 Å². The minimum atomic E-state index is 0. The average Bonchev–Trinajstić information content (AvgIpc) is 0. The summed E-state index contributed by atoms with van der Waals surface area (Å²) in [5.41, 5.74) is 0. The van der Waals surface area contributed by atoms with E-state index in [1.807, 2.05) is 0 Å². The van der Waals surface area contributed by atoms with Gasteiger partial charge in [-0.2, -0.15) is 0 Å². The third kappa shape index (κ3) is 26.1. The first-order valence-electron chi connectivity index (χ1n) is 0. The first-order valence-corrected chi connectivity index (χ1v) is 0. The van der Waals surface area contributed by atoms with Crippen molar-refractivity contribution in [1.29, 1.82) is 0 Å². The molecule has 30 valence electrons. The molecule has 1 N–H and O–H groups in total. The molecule has 0 heterocycles. The molecule has 0 rings (SSSR count). The zero-order chi connectivity index (χ0) is 0. The van der Waals surface area contributed by atoms with Crippen LogP contribution in [-0.4, -0.2) is 5.48 Å². The number of hydrogen-bond donors (Lipinski definition) is 0. The van der Waals surface area contributed by atoms with Crippen LogP contribution in [-0.2, 0) is 28.0 Å². The van der Waals surface area contributed by atoms with Gasteiger partial charge in [-0.05, 0) is 0 Å². The maximum Gasteiger partial charge on any atom is 3.00 e. The van der Waals surface area contributed by atoms with Crippen LogP contribution in [0.2, 0.25) is 0 Å². The summed E-state index contributed by atoms with van der Waals surface area (Å²) >= 11 is 0. The Morgan fingerprint density at radius 2 is 0.800 bits per heavy atom. The molecule has 2 radical (unpaired) electrons. The quantitative estimate of drug-likeness (QED) is 0.532. The van der Waals surface area contributed by atoms with Gasteiger partial charge >= 0.3 is 58.8 Å². The zero-order valence-electron chi connectivity index (χ0n) is 2.14. The first kappa shape index (κ1) is 71.7. The molecule has 0 aromatic carbocycles. The SMILES string of the molecule is [Ce+3].[Mn+2].[O-2].[O-2].[OH-]. The molecular weight excluding hydrogens is 243 g/mol. The Kier molecular flexibility index (Phi) is 599. The molecule has 0 aliphatic rings. The van der Waals surface area contributed by atoms with E-state index < -0.39 is 0 Å². The molecule has 0 unspecified atom stereocenters. The maximum absolute atomic E-state index is 0. The van der Waals surface area contributed by atoms with Crippen molar-refractivity contribution in [3.63, 3.8) is 0 Å². The van der Waals surface area contributed by atoms with Gasteiger partial charge < -0.3 is 16.4 Å². The summed E-state index contributed by atoms with van der Waals surface area (Å²) in [5.74, 6) is 0. The molecule has 0 amide bonds. The van der Waals surface area contributed by atoms with E-state index in [1.165, 1.54) is 0 Å². The van der Waals surface area contributed by atoms with E-state index in [1.54, 1.807) is 0 Å². The Labute approximate surface area is 74.3 Å². The second-order valence-corrected chi connectivity index (χ2v) is 0. The van der Waals surface area contributed by atoms with Crippen LogP contribution in [0.4, 0.5) is 0 Å².